The van der Waals surface area contributed by atoms with Gasteiger partial charge in [-0.1, -0.05) is 17.8 Å². The maximum Gasteiger partial charge on any atom is 0.328 e. The van der Waals surface area contributed by atoms with E-state index < -0.39 is 34.9 Å². The second-order valence-electron chi connectivity index (χ2n) is 5.25. The van der Waals surface area contributed by atoms with Gasteiger partial charge in [-0.25, -0.2) is 13.6 Å². The van der Waals surface area contributed by atoms with Gasteiger partial charge in [-0.05, 0) is 42.8 Å². The Morgan fingerprint density at radius 1 is 1.15 bits per heavy atom. The number of halogens is 4. The van der Waals surface area contributed by atoms with Crippen molar-refractivity contribution >= 4 is 29.4 Å². The smallest absolute Gasteiger partial charge is 0.297 e. The summed E-state index contributed by atoms with van der Waals surface area (Å²) in [5.74, 6) is -6.23. The van der Waals surface area contributed by atoms with E-state index in [0.717, 1.165) is 23.1 Å². The minimum absolute atomic E-state index is 0.327. The number of benzene rings is 2. The van der Waals surface area contributed by atoms with Gasteiger partial charge in [0.2, 0.25) is 0 Å². The van der Waals surface area contributed by atoms with Gasteiger partial charge in [0.25, 0.3) is 11.7 Å². The number of anilines is 1. The van der Waals surface area contributed by atoms with E-state index in [1.807, 2.05) is 5.32 Å². The fourth-order valence-corrected chi connectivity index (χ4v) is 2.81. The predicted molar refractivity (Wildman–Crippen MR) is 90.7 cm³/mol. The van der Waals surface area contributed by atoms with Gasteiger partial charge in [0.15, 0.2) is 11.6 Å². The first-order chi connectivity index (χ1) is 12.2. The summed E-state index contributed by atoms with van der Waals surface area (Å²) in [6.45, 7) is 1.61. The Labute approximate surface area is 151 Å². The zero-order valence-corrected chi connectivity index (χ0v) is 14.5. The average molecular weight is 386 g/mol. The summed E-state index contributed by atoms with van der Waals surface area (Å²) in [5.41, 5.74) is 0.290. The minimum atomic E-state index is -2.57. The number of thioether (sulfide) groups is 1. The number of rotatable bonds is 4. The second-order valence-corrected chi connectivity index (χ2v) is 6.31. The molecule has 0 aromatic heterocycles. The molecule has 9 heteroatoms. The number of hydrogen-bond donors (Lipinski definition) is 1. The van der Waals surface area contributed by atoms with Crippen molar-refractivity contribution in [2.24, 2.45) is 0 Å². The molecular weight excluding hydrogens is 372 g/mol. The molecule has 4 nitrogen and oxygen atoms in total. The lowest BCUT2D eigenvalue weighted by Crippen LogP contribution is -2.41. The number of carbonyl (C=O) groups is 2. The molecule has 0 spiro atoms. The van der Waals surface area contributed by atoms with Gasteiger partial charge in [0.05, 0.1) is 5.56 Å². The lowest BCUT2D eigenvalue weighted by atomic mass is 10.2. The number of alkyl halides is 2. The standard InChI is InChI=1S/C17H14F4N2O2S/c1-9-8-10(26-16(20)21)6-7-13(9)23(2)17(25)22-15(24)11-4-3-5-12(18)14(11)19/h3-8,16H,1-2H3,(H,22,24,25). The van der Waals surface area contributed by atoms with E-state index >= 15 is 0 Å². The molecule has 0 unspecified atom stereocenters. The summed E-state index contributed by atoms with van der Waals surface area (Å²) in [7, 11) is 1.35. The van der Waals surface area contributed by atoms with Crippen molar-refractivity contribution in [3.63, 3.8) is 0 Å². The maximum absolute atomic E-state index is 13.6. The number of aryl methyl sites for hydroxylation is 1. The first-order valence-electron chi connectivity index (χ1n) is 7.29. The van der Waals surface area contributed by atoms with Crippen LogP contribution in [-0.4, -0.2) is 24.7 Å². The molecule has 1 N–H and O–H groups in total. The number of urea groups is 1. The van der Waals surface area contributed by atoms with Crippen LogP contribution in [0.4, 0.5) is 28.0 Å². The van der Waals surface area contributed by atoms with Gasteiger partial charge < -0.3 is 0 Å². The third-order valence-electron chi connectivity index (χ3n) is 3.48. The summed E-state index contributed by atoms with van der Waals surface area (Å²) < 4.78 is 51.6. The lowest BCUT2D eigenvalue weighted by molar-refractivity contribution is 0.0960. The second kappa shape index (κ2) is 8.22. The number of amides is 3. The van der Waals surface area contributed by atoms with Crippen molar-refractivity contribution < 1.29 is 27.2 Å². The van der Waals surface area contributed by atoms with E-state index in [9.17, 15) is 27.2 Å². The molecule has 2 rings (SSSR count). The summed E-state index contributed by atoms with van der Waals surface area (Å²) >= 11 is 0.369. The molecule has 26 heavy (non-hydrogen) atoms. The molecule has 3 amide bonds. The van der Waals surface area contributed by atoms with Crippen LogP contribution in [0.1, 0.15) is 15.9 Å². The van der Waals surface area contributed by atoms with Crippen LogP contribution in [0.3, 0.4) is 0 Å². The largest absolute Gasteiger partial charge is 0.328 e. The van der Waals surface area contributed by atoms with Crippen molar-refractivity contribution in [3.8, 4) is 0 Å². The van der Waals surface area contributed by atoms with Gasteiger partial charge in [0, 0.05) is 17.6 Å². The summed E-state index contributed by atoms with van der Waals surface area (Å²) in [5, 5.41) is 1.95. The molecule has 0 saturated heterocycles. The summed E-state index contributed by atoms with van der Waals surface area (Å²) in [6, 6.07) is 6.50. The van der Waals surface area contributed by atoms with Gasteiger partial charge >= 0.3 is 6.03 Å². The highest BCUT2D eigenvalue weighted by Crippen LogP contribution is 2.29. The van der Waals surface area contributed by atoms with Gasteiger partial charge in [0.1, 0.15) is 0 Å². The molecule has 0 aliphatic heterocycles. The van der Waals surface area contributed by atoms with Crippen LogP contribution in [0.2, 0.25) is 0 Å². The zero-order chi connectivity index (χ0) is 19.4. The fraction of sp³-hybridized carbons (Fsp3) is 0.176. The highest BCUT2D eigenvalue weighted by Gasteiger charge is 2.21. The number of nitrogens with zero attached hydrogens (tertiary/aromatic N) is 1. The van der Waals surface area contributed by atoms with Crippen LogP contribution >= 0.6 is 11.8 Å². The summed E-state index contributed by atoms with van der Waals surface area (Å²) in [4.78, 5) is 25.6. The molecule has 138 valence electrons. The quantitative estimate of drug-likeness (QED) is 0.618. The van der Waals surface area contributed by atoms with E-state index in [4.69, 9.17) is 0 Å². The van der Waals surface area contributed by atoms with Crippen molar-refractivity contribution in [1.29, 1.82) is 0 Å². The van der Waals surface area contributed by atoms with Crippen LogP contribution in [0.25, 0.3) is 0 Å². The Balaban J connectivity index is 2.14. The molecule has 0 saturated carbocycles. The normalized spacial score (nSPS) is 10.7. The third kappa shape index (κ3) is 4.54. The Morgan fingerprint density at radius 3 is 2.46 bits per heavy atom. The molecule has 0 atom stereocenters. The van der Waals surface area contributed by atoms with Crippen LogP contribution < -0.4 is 10.2 Å². The highest BCUT2D eigenvalue weighted by atomic mass is 32.2. The lowest BCUT2D eigenvalue weighted by Gasteiger charge is -2.20. The predicted octanol–water partition coefficient (Wildman–Crippen LogP) is 4.57. The third-order valence-corrected chi connectivity index (χ3v) is 4.18. The van der Waals surface area contributed by atoms with E-state index in [1.165, 1.54) is 25.2 Å². The fourth-order valence-electron chi connectivity index (χ4n) is 2.22. The molecule has 0 fully saturated rings. The first-order valence-corrected chi connectivity index (χ1v) is 8.17. The van der Waals surface area contributed by atoms with E-state index in [2.05, 4.69) is 0 Å². The zero-order valence-electron chi connectivity index (χ0n) is 13.7. The number of imide groups is 1. The number of hydrogen-bond acceptors (Lipinski definition) is 3. The van der Waals surface area contributed by atoms with Crippen LogP contribution in [0.5, 0.6) is 0 Å². The first kappa shape index (κ1) is 19.8. The SMILES string of the molecule is Cc1cc(SC(F)F)ccc1N(C)C(=O)NC(=O)c1cccc(F)c1F. The van der Waals surface area contributed by atoms with Gasteiger partial charge in [-0.15, -0.1) is 0 Å². The Hall–Kier alpha value is -2.55. The van der Waals surface area contributed by atoms with Gasteiger partial charge in [-0.3, -0.25) is 15.0 Å². The average Bonchev–Trinajstić information content (AvgIpc) is 2.56. The maximum atomic E-state index is 13.6. The molecule has 0 radical (unpaired) electrons. The monoisotopic (exact) mass is 386 g/mol. The minimum Gasteiger partial charge on any atom is -0.297 e. The molecule has 2 aromatic rings. The summed E-state index contributed by atoms with van der Waals surface area (Å²) in [6.07, 6.45) is 0. The molecular formula is C17H14F4N2O2S. The Bertz CT molecular complexity index is 846. The Morgan fingerprint density at radius 2 is 1.85 bits per heavy atom. The molecule has 2 aromatic carbocycles. The number of carbonyl (C=O) groups excluding carboxylic acids is 2. The topological polar surface area (TPSA) is 49.4 Å². The molecule has 0 aliphatic rings. The molecule has 0 heterocycles. The van der Waals surface area contributed by atoms with E-state index in [1.54, 1.807) is 6.92 Å². The van der Waals surface area contributed by atoms with Crippen molar-refractivity contribution in [2.75, 3.05) is 11.9 Å². The van der Waals surface area contributed by atoms with Crippen LogP contribution in [0, 0.1) is 18.6 Å². The van der Waals surface area contributed by atoms with Crippen molar-refractivity contribution in [3.05, 3.63) is 59.2 Å². The highest BCUT2D eigenvalue weighted by molar-refractivity contribution is 7.99. The van der Waals surface area contributed by atoms with Crippen LogP contribution in [-0.2, 0) is 0 Å². The number of nitrogens with one attached hydrogen (secondary N) is 1. The van der Waals surface area contributed by atoms with Crippen molar-refractivity contribution in [1.82, 2.24) is 5.32 Å². The Kier molecular flexibility index (Phi) is 6.25. The van der Waals surface area contributed by atoms with Gasteiger partial charge in [-0.2, -0.15) is 8.78 Å². The van der Waals surface area contributed by atoms with Crippen molar-refractivity contribution in [2.45, 2.75) is 17.6 Å². The van der Waals surface area contributed by atoms with E-state index in [-0.39, 0.29) is 0 Å². The molecule has 0 bridgehead atoms. The van der Waals surface area contributed by atoms with Crippen LogP contribution in [0.15, 0.2) is 41.3 Å². The molecule has 0 aliphatic carbocycles. The van der Waals surface area contributed by atoms with E-state index in [0.29, 0.717) is 27.9 Å².